The molecule has 0 saturated carbocycles. The van der Waals surface area contributed by atoms with Crippen LogP contribution in [0.25, 0.3) is 0 Å². The average molecular weight is 198 g/mol. The summed E-state index contributed by atoms with van der Waals surface area (Å²) in [5.41, 5.74) is 0.0236. The minimum absolute atomic E-state index is 0.0236. The molecule has 82 valence electrons. The smallest absolute Gasteiger partial charge is 0.236 e. The molecule has 1 N–H and O–H groups in total. The first-order valence-corrected chi connectivity index (χ1v) is 5.59. The minimum atomic E-state index is 0.0236. The quantitative estimate of drug-likeness (QED) is 0.743. The number of unbranched alkanes of at least 4 members (excludes halogenated alkanes) is 1. The predicted molar refractivity (Wildman–Crippen MR) is 58.2 cm³/mol. The Bertz CT molecular complexity index is 201. The highest BCUT2D eigenvalue weighted by atomic mass is 16.2. The van der Waals surface area contributed by atoms with E-state index in [9.17, 15) is 4.79 Å². The van der Waals surface area contributed by atoms with E-state index in [1.165, 1.54) is 0 Å². The van der Waals surface area contributed by atoms with Gasteiger partial charge < -0.3 is 10.2 Å². The molecule has 0 aromatic carbocycles. The SMILES string of the molecule is CCCCN1C(=O)CNCCC1(C)C. The lowest BCUT2D eigenvalue weighted by molar-refractivity contribution is -0.134. The topological polar surface area (TPSA) is 32.3 Å². The number of nitrogens with one attached hydrogen (secondary N) is 1. The Morgan fingerprint density at radius 3 is 2.86 bits per heavy atom. The van der Waals surface area contributed by atoms with Gasteiger partial charge >= 0.3 is 0 Å². The van der Waals surface area contributed by atoms with Gasteiger partial charge in [-0.15, -0.1) is 0 Å². The van der Waals surface area contributed by atoms with Gasteiger partial charge in [0.2, 0.25) is 5.91 Å². The van der Waals surface area contributed by atoms with Crippen molar-refractivity contribution >= 4 is 5.91 Å². The Labute approximate surface area is 86.9 Å². The van der Waals surface area contributed by atoms with Crippen LogP contribution in [0.2, 0.25) is 0 Å². The highest BCUT2D eigenvalue weighted by Gasteiger charge is 2.31. The zero-order chi connectivity index (χ0) is 10.6. The zero-order valence-corrected chi connectivity index (χ0v) is 9.60. The molecule has 1 aliphatic heterocycles. The van der Waals surface area contributed by atoms with Gasteiger partial charge in [0.25, 0.3) is 0 Å². The maximum atomic E-state index is 11.8. The molecule has 0 aromatic heterocycles. The van der Waals surface area contributed by atoms with Crippen LogP contribution in [0.3, 0.4) is 0 Å². The van der Waals surface area contributed by atoms with E-state index in [2.05, 4.69) is 26.1 Å². The standard InChI is InChI=1S/C11H22N2O/c1-4-5-8-13-10(14)9-12-7-6-11(13,2)3/h12H,4-9H2,1-3H3. The highest BCUT2D eigenvalue weighted by molar-refractivity contribution is 5.79. The van der Waals surface area contributed by atoms with Crippen LogP contribution >= 0.6 is 0 Å². The van der Waals surface area contributed by atoms with Crippen LogP contribution in [0.15, 0.2) is 0 Å². The Hall–Kier alpha value is -0.570. The van der Waals surface area contributed by atoms with Crippen molar-refractivity contribution in [1.29, 1.82) is 0 Å². The van der Waals surface area contributed by atoms with E-state index < -0.39 is 0 Å². The fraction of sp³-hybridized carbons (Fsp3) is 0.909. The van der Waals surface area contributed by atoms with Gasteiger partial charge in [0, 0.05) is 12.1 Å². The van der Waals surface area contributed by atoms with Crippen molar-refractivity contribution in [3.8, 4) is 0 Å². The monoisotopic (exact) mass is 198 g/mol. The number of nitrogens with zero attached hydrogens (tertiary/aromatic N) is 1. The normalized spacial score (nSPS) is 22.2. The van der Waals surface area contributed by atoms with Crippen molar-refractivity contribution in [3.63, 3.8) is 0 Å². The third-order valence-corrected chi connectivity index (χ3v) is 2.96. The van der Waals surface area contributed by atoms with Crippen molar-refractivity contribution < 1.29 is 4.79 Å². The molecule has 3 heteroatoms. The Balaban J connectivity index is 2.66. The van der Waals surface area contributed by atoms with E-state index >= 15 is 0 Å². The Morgan fingerprint density at radius 2 is 2.21 bits per heavy atom. The predicted octanol–water partition coefficient (Wildman–Crippen LogP) is 1.39. The molecule has 1 fully saturated rings. The number of rotatable bonds is 3. The van der Waals surface area contributed by atoms with Crippen LogP contribution in [0.4, 0.5) is 0 Å². The van der Waals surface area contributed by atoms with E-state index in [4.69, 9.17) is 0 Å². The van der Waals surface area contributed by atoms with Crippen LogP contribution < -0.4 is 5.32 Å². The van der Waals surface area contributed by atoms with Crippen molar-refractivity contribution in [2.24, 2.45) is 0 Å². The molecular weight excluding hydrogens is 176 g/mol. The molecule has 1 heterocycles. The molecule has 1 aliphatic rings. The average Bonchev–Trinajstić information content (AvgIpc) is 2.23. The Morgan fingerprint density at radius 1 is 1.50 bits per heavy atom. The van der Waals surface area contributed by atoms with Crippen molar-refractivity contribution in [1.82, 2.24) is 10.2 Å². The number of amides is 1. The van der Waals surface area contributed by atoms with Gasteiger partial charge in [-0.3, -0.25) is 4.79 Å². The van der Waals surface area contributed by atoms with Crippen LogP contribution in [0, 0.1) is 0 Å². The van der Waals surface area contributed by atoms with Gasteiger partial charge in [-0.1, -0.05) is 13.3 Å². The second-order valence-electron chi connectivity index (χ2n) is 4.64. The zero-order valence-electron chi connectivity index (χ0n) is 9.60. The molecule has 1 rings (SSSR count). The molecule has 14 heavy (non-hydrogen) atoms. The summed E-state index contributed by atoms with van der Waals surface area (Å²) < 4.78 is 0. The molecule has 0 spiro atoms. The second kappa shape index (κ2) is 4.78. The molecule has 1 amide bonds. The summed E-state index contributed by atoms with van der Waals surface area (Å²) in [6, 6.07) is 0. The van der Waals surface area contributed by atoms with Crippen molar-refractivity contribution in [2.45, 2.75) is 45.6 Å². The largest absolute Gasteiger partial charge is 0.336 e. The minimum Gasteiger partial charge on any atom is -0.336 e. The number of carbonyl (C=O) groups excluding carboxylic acids is 1. The van der Waals surface area contributed by atoms with E-state index in [1.807, 2.05) is 4.90 Å². The second-order valence-corrected chi connectivity index (χ2v) is 4.64. The first-order chi connectivity index (χ1) is 6.58. The summed E-state index contributed by atoms with van der Waals surface area (Å²) in [4.78, 5) is 13.8. The van der Waals surface area contributed by atoms with Crippen molar-refractivity contribution in [2.75, 3.05) is 19.6 Å². The van der Waals surface area contributed by atoms with Crippen LogP contribution in [0.1, 0.15) is 40.0 Å². The van der Waals surface area contributed by atoms with Gasteiger partial charge in [-0.2, -0.15) is 0 Å². The Kier molecular flexibility index (Phi) is 3.93. The van der Waals surface area contributed by atoms with Crippen LogP contribution in [0.5, 0.6) is 0 Å². The molecule has 1 saturated heterocycles. The fourth-order valence-electron chi connectivity index (χ4n) is 1.90. The van der Waals surface area contributed by atoms with E-state index in [-0.39, 0.29) is 11.4 Å². The number of hydrogen-bond donors (Lipinski definition) is 1. The lowest BCUT2D eigenvalue weighted by atomic mass is 9.98. The lowest BCUT2D eigenvalue weighted by Gasteiger charge is -2.37. The molecular formula is C11H22N2O. The van der Waals surface area contributed by atoms with Gasteiger partial charge in [-0.25, -0.2) is 0 Å². The third-order valence-electron chi connectivity index (χ3n) is 2.96. The van der Waals surface area contributed by atoms with Crippen LogP contribution in [-0.2, 0) is 4.79 Å². The third kappa shape index (κ3) is 2.71. The van der Waals surface area contributed by atoms with E-state index in [0.717, 1.165) is 32.4 Å². The first-order valence-electron chi connectivity index (χ1n) is 5.59. The van der Waals surface area contributed by atoms with Crippen molar-refractivity contribution in [3.05, 3.63) is 0 Å². The fourth-order valence-corrected chi connectivity index (χ4v) is 1.90. The van der Waals surface area contributed by atoms with Gasteiger partial charge in [0.1, 0.15) is 0 Å². The molecule has 3 nitrogen and oxygen atoms in total. The number of carbonyl (C=O) groups is 1. The number of hydrogen-bond acceptors (Lipinski definition) is 2. The maximum Gasteiger partial charge on any atom is 0.236 e. The molecule has 0 unspecified atom stereocenters. The lowest BCUT2D eigenvalue weighted by Crippen LogP contribution is -2.48. The summed E-state index contributed by atoms with van der Waals surface area (Å²) in [6.45, 7) is 8.84. The summed E-state index contributed by atoms with van der Waals surface area (Å²) in [5.74, 6) is 0.251. The van der Waals surface area contributed by atoms with E-state index in [0.29, 0.717) is 6.54 Å². The molecule has 0 radical (unpaired) electrons. The molecule has 0 bridgehead atoms. The maximum absolute atomic E-state index is 11.8. The van der Waals surface area contributed by atoms with Gasteiger partial charge in [0.15, 0.2) is 0 Å². The summed E-state index contributed by atoms with van der Waals surface area (Å²) in [5, 5.41) is 3.17. The van der Waals surface area contributed by atoms with Crippen LogP contribution in [-0.4, -0.2) is 36.0 Å². The van der Waals surface area contributed by atoms with E-state index in [1.54, 1.807) is 0 Å². The molecule has 0 atom stereocenters. The summed E-state index contributed by atoms with van der Waals surface area (Å²) >= 11 is 0. The molecule has 0 aromatic rings. The highest BCUT2D eigenvalue weighted by Crippen LogP contribution is 2.20. The molecule has 0 aliphatic carbocycles. The van der Waals surface area contributed by atoms with Gasteiger partial charge in [0.05, 0.1) is 6.54 Å². The summed E-state index contributed by atoms with van der Waals surface area (Å²) in [7, 11) is 0. The first kappa shape index (κ1) is 11.5. The van der Waals surface area contributed by atoms with Gasteiger partial charge in [-0.05, 0) is 33.2 Å². The summed E-state index contributed by atoms with van der Waals surface area (Å²) in [6.07, 6.45) is 3.30.